The van der Waals surface area contributed by atoms with Crippen molar-refractivity contribution in [1.29, 1.82) is 0 Å². The number of aromatic nitrogens is 2. The van der Waals surface area contributed by atoms with Gasteiger partial charge in [-0.2, -0.15) is 0 Å². The van der Waals surface area contributed by atoms with Crippen LogP contribution in [-0.4, -0.2) is 49.2 Å². The second-order valence-corrected chi connectivity index (χ2v) is 4.23. The van der Waals surface area contributed by atoms with E-state index in [1.807, 2.05) is 18.2 Å². The Morgan fingerprint density at radius 2 is 1.62 bits per heavy atom. The Hall–Kier alpha value is -2.70. The lowest BCUT2D eigenvalue weighted by Gasteiger charge is -2.20. The van der Waals surface area contributed by atoms with Gasteiger partial charge in [0.15, 0.2) is 0 Å². The molecule has 2 rings (SSSR count). The summed E-state index contributed by atoms with van der Waals surface area (Å²) in [5.41, 5.74) is 1.41. The van der Waals surface area contributed by atoms with Gasteiger partial charge in [-0.15, -0.1) is 0 Å². The van der Waals surface area contributed by atoms with Crippen molar-refractivity contribution in [3.63, 3.8) is 0 Å². The molecule has 1 heterocycles. The Bertz CT molecular complexity index is 641. The summed E-state index contributed by atoms with van der Waals surface area (Å²) in [6, 6.07) is 7.33. The minimum absolute atomic E-state index is 0.112. The maximum atomic E-state index is 11.5. The molecule has 0 aliphatic heterocycles. The predicted molar refractivity (Wildman–Crippen MR) is 75.8 cm³/mol. The van der Waals surface area contributed by atoms with Crippen LogP contribution in [0.15, 0.2) is 30.5 Å². The average molecular weight is 289 g/mol. The number of carbonyl (C=O) groups is 2. The third kappa shape index (κ3) is 3.65. The molecule has 1 aromatic carbocycles. The van der Waals surface area contributed by atoms with Crippen molar-refractivity contribution in [2.24, 2.45) is 0 Å². The van der Waals surface area contributed by atoms with Crippen LogP contribution in [-0.2, 0) is 19.1 Å². The first-order valence-electron chi connectivity index (χ1n) is 6.24. The summed E-state index contributed by atoms with van der Waals surface area (Å²) in [5.74, 6) is -0.549. The van der Waals surface area contributed by atoms with Crippen LogP contribution in [0.25, 0.3) is 11.0 Å². The molecule has 7 heteroatoms. The zero-order chi connectivity index (χ0) is 15.2. The summed E-state index contributed by atoms with van der Waals surface area (Å²) < 4.78 is 9.25. The molecule has 0 aliphatic rings. The Morgan fingerprint density at radius 3 is 2.19 bits per heavy atom. The molecule has 0 N–H and O–H groups in total. The lowest BCUT2D eigenvalue weighted by atomic mass is 10.3. The number of benzene rings is 1. The topological polar surface area (TPSA) is 81.6 Å². The summed E-state index contributed by atoms with van der Waals surface area (Å²) in [6.45, 7) is -0.225. The molecule has 21 heavy (non-hydrogen) atoms. The van der Waals surface area contributed by atoms with Crippen LogP contribution in [0.1, 0.15) is 0 Å². The third-order valence-corrected chi connectivity index (χ3v) is 2.86. The van der Waals surface area contributed by atoms with Gasteiger partial charge >= 0.3 is 11.9 Å². The molecule has 0 fully saturated rings. The number of nitrogens with zero attached hydrogens (tertiary/aromatic N) is 3. The van der Waals surface area contributed by atoms with Crippen molar-refractivity contribution in [1.82, 2.24) is 9.97 Å². The highest BCUT2D eigenvalue weighted by Crippen LogP contribution is 2.15. The fourth-order valence-corrected chi connectivity index (χ4v) is 1.76. The number of methoxy groups -OCH3 is 2. The van der Waals surface area contributed by atoms with E-state index in [1.54, 1.807) is 6.07 Å². The van der Waals surface area contributed by atoms with E-state index in [-0.39, 0.29) is 13.1 Å². The van der Waals surface area contributed by atoms with Crippen molar-refractivity contribution in [2.75, 3.05) is 32.2 Å². The molecule has 1 aromatic heterocycles. The van der Waals surface area contributed by atoms with Crippen LogP contribution < -0.4 is 4.90 Å². The van der Waals surface area contributed by atoms with Crippen molar-refractivity contribution < 1.29 is 19.1 Å². The zero-order valence-electron chi connectivity index (χ0n) is 11.8. The number of para-hydroxylation sites is 2. The van der Waals surface area contributed by atoms with Gasteiger partial charge in [0.25, 0.3) is 0 Å². The van der Waals surface area contributed by atoms with Crippen LogP contribution in [0.5, 0.6) is 0 Å². The first-order chi connectivity index (χ1) is 10.1. The van der Waals surface area contributed by atoms with Crippen LogP contribution in [0, 0.1) is 0 Å². The fourth-order valence-electron chi connectivity index (χ4n) is 1.76. The SMILES string of the molecule is COC(=O)CN(CC(=O)OC)c1cnc2ccccc2n1. The van der Waals surface area contributed by atoms with E-state index < -0.39 is 11.9 Å². The van der Waals surface area contributed by atoms with E-state index in [4.69, 9.17) is 0 Å². The minimum atomic E-state index is -0.478. The Morgan fingerprint density at radius 1 is 1.05 bits per heavy atom. The number of carbonyl (C=O) groups excluding carboxylic acids is 2. The first kappa shape index (κ1) is 14.7. The standard InChI is InChI=1S/C14H15N3O4/c1-20-13(18)8-17(9-14(19)21-2)12-7-15-10-5-3-4-6-11(10)16-12/h3-7H,8-9H2,1-2H3. The monoisotopic (exact) mass is 289 g/mol. The number of hydrogen-bond donors (Lipinski definition) is 0. The summed E-state index contributed by atoms with van der Waals surface area (Å²) in [7, 11) is 2.56. The van der Waals surface area contributed by atoms with Crippen molar-refractivity contribution >= 4 is 28.8 Å². The van der Waals surface area contributed by atoms with Crippen LogP contribution in [0.2, 0.25) is 0 Å². The zero-order valence-corrected chi connectivity index (χ0v) is 11.8. The van der Waals surface area contributed by atoms with Crippen molar-refractivity contribution in [3.8, 4) is 0 Å². The van der Waals surface area contributed by atoms with Crippen molar-refractivity contribution in [3.05, 3.63) is 30.5 Å². The number of rotatable bonds is 5. The highest BCUT2D eigenvalue weighted by molar-refractivity contribution is 5.82. The number of hydrogen-bond acceptors (Lipinski definition) is 7. The smallest absolute Gasteiger partial charge is 0.325 e. The van der Waals surface area contributed by atoms with E-state index in [2.05, 4.69) is 19.4 Å². The normalized spacial score (nSPS) is 10.2. The summed E-state index contributed by atoms with van der Waals surface area (Å²) >= 11 is 0. The van der Waals surface area contributed by atoms with Gasteiger partial charge < -0.3 is 14.4 Å². The highest BCUT2D eigenvalue weighted by atomic mass is 16.5. The molecule has 2 aromatic rings. The fraction of sp³-hybridized carbons (Fsp3) is 0.286. The molecule has 0 radical (unpaired) electrons. The van der Waals surface area contributed by atoms with Gasteiger partial charge in [0.1, 0.15) is 18.9 Å². The molecule has 110 valence electrons. The molecule has 0 spiro atoms. The minimum Gasteiger partial charge on any atom is -0.468 e. The summed E-state index contributed by atoms with van der Waals surface area (Å²) in [4.78, 5) is 33.0. The molecule has 0 bridgehead atoms. The van der Waals surface area contributed by atoms with E-state index in [0.29, 0.717) is 11.3 Å². The van der Waals surface area contributed by atoms with Crippen LogP contribution in [0.4, 0.5) is 5.82 Å². The number of anilines is 1. The molecule has 0 unspecified atom stereocenters. The lowest BCUT2D eigenvalue weighted by molar-refractivity contribution is -0.140. The first-order valence-corrected chi connectivity index (χ1v) is 6.24. The molecule has 0 amide bonds. The lowest BCUT2D eigenvalue weighted by Crippen LogP contribution is -2.36. The van der Waals surface area contributed by atoms with Gasteiger partial charge in [-0.1, -0.05) is 12.1 Å². The van der Waals surface area contributed by atoms with E-state index >= 15 is 0 Å². The third-order valence-electron chi connectivity index (χ3n) is 2.86. The van der Waals surface area contributed by atoms with Crippen molar-refractivity contribution in [2.45, 2.75) is 0 Å². The molecule has 0 aliphatic carbocycles. The summed E-state index contributed by atoms with van der Waals surface area (Å²) in [5, 5.41) is 0. The van der Waals surface area contributed by atoms with Crippen LogP contribution >= 0.6 is 0 Å². The van der Waals surface area contributed by atoms with Gasteiger partial charge in [0, 0.05) is 0 Å². The van der Waals surface area contributed by atoms with Gasteiger partial charge in [-0.05, 0) is 12.1 Å². The maximum Gasteiger partial charge on any atom is 0.325 e. The quantitative estimate of drug-likeness (QED) is 0.752. The highest BCUT2D eigenvalue weighted by Gasteiger charge is 2.17. The second-order valence-electron chi connectivity index (χ2n) is 4.23. The molecular formula is C14H15N3O4. The molecule has 7 nitrogen and oxygen atoms in total. The maximum absolute atomic E-state index is 11.5. The second kappa shape index (κ2) is 6.65. The number of fused-ring (bicyclic) bond motifs is 1. The van der Waals surface area contributed by atoms with E-state index in [1.165, 1.54) is 25.3 Å². The predicted octanol–water partition coefficient (Wildman–Crippen LogP) is 0.782. The molecule has 0 saturated carbocycles. The molecular weight excluding hydrogens is 274 g/mol. The molecule has 0 atom stereocenters. The van der Waals surface area contributed by atoms with Gasteiger partial charge in [0.2, 0.25) is 0 Å². The van der Waals surface area contributed by atoms with Gasteiger partial charge in [0.05, 0.1) is 31.4 Å². The average Bonchev–Trinajstić information content (AvgIpc) is 2.53. The largest absolute Gasteiger partial charge is 0.468 e. The van der Waals surface area contributed by atoms with Crippen LogP contribution in [0.3, 0.4) is 0 Å². The van der Waals surface area contributed by atoms with E-state index in [0.717, 1.165) is 5.52 Å². The van der Waals surface area contributed by atoms with Gasteiger partial charge in [-0.3, -0.25) is 14.6 Å². The Balaban J connectivity index is 2.32. The molecule has 0 saturated heterocycles. The Labute approximate surface area is 121 Å². The number of ether oxygens (including phenoxy) is 2. The number of esters is 2. The summed E-state index contributed by atoms with van der Waals surface area (Å²) in [6.07, 6.45) is 1.51. The van der Waals surface area contributed by atoms with Gasteiger partial charge in [-0.25, -0.2) is 4.98 Å². The van der Waals surface area contributed by atoms with E-state index in [9.17, 15) is 9.59 Å². The Kier molecular flexibility index (Phi) is 4.65.